The molecule has 0 radical (unpaired) electrons. The average molecular weight is 423 g/mol. The maximum atomic E-state index is 12.5. The van der Waals surface area contributed by atoms with Gasteiger partial charge in [0.05, 0.1) is 11.1 Å². The van der Waals surface area contributed by atoms with Gasteiger partial charge >= 0.3 is 0 Å². The number of carbonyl (C=O) groups is 2. The number of amides is 2. The van der Waals surface area contributed by atoms with Crippen LogP contribution in [-0.2, 0) is 7.05 Å². The highest BCUT2D eigenvalue weighted by Crippen LogP contribution is 2.30. The third-order valence-electron chi connectivity index (χ3n) is 4.11. The molecule has 0 bridgehead atoms. The summed E-state index contributed by atoms with van der Waals surface area (Å²) in [6.07, 6.45) is 2.08. The van der Waals surface area contributed by atoms with Gasteiger partial charge in [0.1, 0.15) is 11.4 Å². The van der Waals surface area contributed by atoms with Crippen LogP contribution in [-0.4, -0.2) is 58.4 Å². The van der Waals surface area contributed by atoms with Crippen LogP contribution in [0.3, 0.4) is 0 Å². The summed E-state index contributed by atoms with van der Waals surface area (Å²) in [5.41, 5.74) is 0.258. The lowest BCUT2D eigenvalue weighted by molar-refractivity contribution is -0.384. The summed E-state index contributed by atoms with van der Waals surface area (Å²) in [6.45, 7) is 5.28. The maximum Gasteiger partial charge on any atom is 0.287 e. The van der Waals surface area contributed by atoms with Crippen LogP contribution < -0.4 is 10.6 Å². The van der Waals surface area contributed by atoms with Gasteiger partial charge in [-0.1, -0.05) is 13.8 Å². The van der Waals surface area contributed by atoms with Crippen LogP contribution in [0.5, 0.6) is 0 Å². The number of rotatable bonds is 9. The first kappa shape index (κ1) is 22.5. The monoisotopic (exact) mass is 422 g/mol. The molecule has 2 aromatic heterocycles. The molecule has 158 valence electrons. The quantitative estimate of drug-likeness (QED) is 0.364. The molecular formula is C18H26N6O4S. The minimum atomic E-state index is -0.560. The molecule has 0 aliphatic heterocycles. The minimum Gasteiger partial charge on any atom is -0.351 e. The van der Waals surface area contributed by atoms with Gasteiger partial charge in [-0.05, 0) is 33.0 Å². The van der Waals surface area contributed by atoms with Crippen molar-refractivity contribution in [2.24, 2.45) is 7.05 Å². The largest absolute Gasteiger partial charge is 0.351 e. The average Bonchev–Trinajstić information content (AvgIpc) is 3.22. The second-order valence-electron chi connectivity index (χ2n) is 7.20. The van der Waals surface area contributed by atoms with Gasteiger partial charge in [0.25, 0.3) is 17.5 Å². The fraction of sp³-hybridized carbons (Fsp3) is 0.500. The Kier molecular flexibility index (Phi) is 7.46. The highest BCUT2D eigenvalue weighted by atomic mass is 32.1. The Bertz CT molecular complexity index is 902. The number of nitrogens with zero attached hydrogens (tertiary/aromatic N) is 4. The summed E-state index contributed by atoms with van der Waals surface area (Å²) in [5, 5.41) is 16.7. The minimum absolute atomic E-state index is 0.0526. The molecule has 11 heteroatoms. The third kappa shape index (κ3) is 5.84. The topological polar surface area (TPSA) is 122 Å². The smallest absolute Gasteiger partial charge is 0.287 e. The van der Waals surface area contributed by atoms with Crippen molar-refractivity contribution in [2.45, 2.75) is 26.2 Å². The van der Waals surface area contributed by atoms with Crippen LogP contribution in [0.25, 0.3) is 0 Å². The molecule has 2 N–H and O–H groups in total. The van der Waals surface area contributed by atoms with E-state index in [1.807, 2.05) is 32.8 Å². The summed E-state index contributed by atoms with van der Waals surface area (Å²) in [7, 11) is 5.49. The van der Waals surface area contributed by atoms with Gasteiger partial charge < -0.3 is 14.8 Å². The van der Waals surface area contributed by atoms with E-state index in [0.717, 1.165) is 17.8 Å². The molecule has 29 heavy (non-hydrogen) atoms. The highest BCUT2D eigenvalue weighted by molar-refractivity contribution is 7.16. The summed E-state index contributed by atoms with van der Waals surface area (Å²) >= 11 is 1.23. The predicted octanol–water partition coefficient (Wildman–Crippen LogP) is 2.45. The third-order valence-corrected chi connectivity index (χ3v) is 5.39. The van der Waals surface area contributed by atoms with E-state index in [4.69, 9.17) is 0 Å². The molecule has 0 saturated carbocycles. The molecule has 0 aliphatic rings. The number of hydrogen-bond donors (Lipinski definition) is 2. The first-order valence-corrected chi connectivity index (χ1v) is 9.97. The van der Waals surface area contributed by atoms with E-state index in [1.54, 1.807) is 7.05 Å². The number of nitrogens with one attached hydrogen (secondary N) is 2. The van der Waals surface area contributed by atoms with E-state index in [0.29, 0.717) is 12.2 Å². The van der Waals surface area contributed by atoms with E-state index in [2.05, 4.69) is 15.6 Å². The second kappa shape index (κ2) is 9.61. The zero-order chi connectivity index (χ0) is 21.7. The van der Waals surface area contributed by atoms with Crippen LogP contribution in [0.2, 0.25) is 0 Å². The zero-order valence-electron chi connectivity index (χ0n) is 17.2. The Morgan fingerprint density at radius 1 is 1.34 bits per heavy atom. The van der Waals surface area contributed by atoms with E-state index in [-0.39, 0.29) is 28.3 Å². The first-order valence-electron chi connectivity index (χ1n) is 9.16. The molecule has 0 unspecified atom stereocenters. The van der Waals surface area contributed by atoms with Crippen molar-refractivity contribution in [3.05, 3.63) is 38.6 Å². The molecule has 2 amide bonds. The van der Waals surface area contributed by atoms with Gasteiger partial charge in [-0.25, -0.2) is 4.98 Å². The van der Waals surface area contributed by atoms with Crippen molar-refractivity contribution >= 4 is 34.0 Å². The molecule has 0 fully saturated rings. The van der Waals surface area contributed by atoms with Crippen molar-refractivity contribution in [3.63, 3.8) is 0 Å². The fourth-order valence-corrected chi connectivity index (χ4v) is 3.61. The molecule has 0 aromatic carbocycles. The highest BCUT2D eigenvalue weighted by Gasteiger charge is 2.23. The van der Waals surface area contributed by atoms with E-state index in [1.165, 1.54) is 28.2 Å². The number of aryl methyl sites for hydroxylation is 1. The lowest BCUT2D eigenvalue weighted by Gasteiger charge is -2.10. The molecule has 0 aliphatic carbocycles. The summed E-state index contributed by atoms with van der Waals surface area (Å²) in [6, 6.07) is 1.20. The van der Waals surface area contributed by atoms with Crippen molar-refractivity contribution in [2.75, 3.05) is 32.5 Å². The summed E-state index contributed by atoms with van der Waals surface area (Å²) in [5.74, 6) is -0.752. The standard InChI is InChI=1S/C18H26N6O4S/c1-11(2)15-14(17(26)19-7-6-8-22(3)4)20-18(29-15)21-16(25)13-9-12(24(27)28)10-23(13)5/h9-11H,6-8H2,1-5H3,(H,19,26)(H,20,21,25). The lowest BCUT2D eigenvalue weighted by atomic mass is 10.1. The van der Waals surface area contributed by atoms with Crippen molar-refractivity contribution in [1.82, 2.24) is 19.8 Å². The molecule has 2 heterocycles. The van der Waals surface area contributed by atoms with Crippen molar-refractivity contribution < 1.29 is 14.5 Å². The molecule has 2 rings (SSSR count). The van der Waals surface area contributed by atoms with Crippen molar-refractivity contribution in [3.8, 4) is 0 Å². The molecule has 0 saturated heterocycles. The van der Waals surface area contributed by atoms with E-state index >= 15 is 0 Å². The number of hydrogen-bond acceptors (Lipinski definition) is 7. The number of anilines is 1. The Hall–Kier alpha value is -2.79. The van der Waals surface area contributed by atoms with E-state index < -0.39 is 10.8 Å². The van der Waals surface area contributed by atoms with Gasteiger partial charge in [0, 0.05) is 24.5 Å². The molecule has 10 nitrogen and oxygen atoms in total. The molecule has 0 spiro atoms. The molecule has 0 atom stereocenters. The maximum absolute atomic E-state index is 12.5. The van der Waals surface area contributed by atoms with Crippen LogP contribution in [0.1, 0.15) is 52.0 Å². The predicted molar refractivity (Wildman–Crippen MR) is 112 cm³/mol. The number of nitro groups is 1. The Morgan fingerprint density at radius 2 is 2.03 bits per heavy atom. The first-order chi connectivity index (χ1) is 13.6. The fourth-order valence-electron chi connectivity index (χ4n) is 2.65. The van der Waals surface area contributed by atoms with Gasteiger partial charge in [0.15, 0.2) is 5.13 Å². The van der Waals surface area contributed by atoms with Crippen LogP contribution >= 0.6 is 11.3 Å². The normalized spacial score (nSPS) is 11.1. The summed E-state index contributed by atoms with van der Waals surface area (Å²) in [4.78, 5) is 42.5. The van der Waals surface area contributed by atoms with Gasteiger partial charge in [-0.15, -0.1) is 11.3 Å². The van der Waals surface area contributed by atoms with Gasteiger partial charge in [-0.3, -0.25) is 25.0 Å². The zero-order valence-corrected chi connectivity index (χ0v) is 18.0. The van der Waals surface area contributed by atoms with Crippen molar-refractivity contribution in [1.29, 1.82) is 0 Å². The second-order valence-corrected chi connectivity index (χ2v) is 8.24. The number of aromatic nitrogens is 2. The van der Waals surface area contributed by atoms with Crippen LogP contribution in [0.15, 0.2) is 12.3 Å². The molecular weight excluding hydrogens is 396 g/mol. The Labute approximate surface area is 173 Å². The SMILES string of the molecule is CC(C)c1sc(NC(=O)c2cc([N+](=O)[O-])cn2C)nc1C(=O)NCCCN(C)C. The van der Waals surface area contributed by atoms with E-state index in [9.17, 15) is 19.7 Å². The Balaban J connectivity index is 2.14. The lowest BCUT2D eigenvalue weighted by Crippen LogP contribution is -2.28. The van der Waals surface area contributed by atoms with Gasteiger partial charge in [-0.2, -0.15) is 0 Å². The number of carbonyl (C=O) groups excluding carboxylic acids is 2. The van der Waals surface area contributed by atoms with Gasteiger partial charge in [0.2, 0.25) is 0 Å². The van der Waals surface area contributed by atoms with Crippen LogP contribution in [0.4, 0.5) is 10.8 Å². The van der Waals surface area contributed by atoms with Crippen LogP contribution in [0, 0.1) is 10.1 Å². The molecule has 2 aromatic rings. The number of thiazole rings is 1. The summed E-state index contributed by atoms with van der Waals surface area (Å²) < 4.78 is 1.38. The Morgan fingerprint density at radius 3 is 2.59 bits per heavy atom.